The van der Waals surface area contributed by atoms with E-state index in [2.05, 4.69) is 16.5 Å². The maximum absolute atomic E-state index is 14.9. The van der Waals surface area contributed by atoms with E-state index in [1.165, 1.54) is 30.8 Å². The molecule has 2 heterocycles. The first-order valence-electron chi connectivity index (χ1n) is 9.49. The van der Waals surface area contributed by atoms with Crippen LogP contribution in [0.15, 0.2) is 40.9 Å². The highest BCUT2D eigenvalue weighted by Crippen LogP contribution is 2.40. The topological polar surface area (TPSA) is 71.7 Å². The Bertz CT molecular complexity index is 1160. The summed E-state index contributed by atoms with van der Waals surface area (Å²) in [5, 5.41) is 20.9. The highest BCUT2D eigenvalue weighted by Gasteiger charge is 2.46. The lowest BCUT2D eigenvalue weighted by Crippen LogP contribution is -2.41. The molecule has 0 saturated carbocycles. The zero-order valence-corrected chi connectivity index (χ0v) is 17.8. The number of allylic oxidation sites excluding steroid dienone is 1. The van der Waals surface area contributed by atoms with E-state index in [-0.39, 0.29) is 22.4 Å². The van der Waals surface area contributed by atoms with Gasteiger partial charge in [-0.2, -0.15) is 5.26 Å². The van der Waals surface area contributed by atoms with E-state index in [4.69, 9.17) is 0 Å². The monoisotopic (exact) mass is 444 g/mol. The van der Waals surface area contributed by atoms with Gasteiger partial charge in [-0.05, 0) is 56.0 Å². The normalized spacial score (nSPS) is 22.9. The number of phenols is 1. The number of hydrogen-bond donors (Lipinski definition) is 2. The van der Waals surface area contributed by atoms with Gasteiger partial charge in [-0.3, -0.25) is 10.0 Å². The minimum Gasteiger partial charge on any atom is -0.508 e. The van der Waals surface area contributed by atoms with E-state index >= 15 is 0 Å². The molecule has 2 aliphatic rings. The molecule has 9 heteroatoms. The zero-order chi connectivity index (χ0) is 22.4. The molecule has 160 valence electrons. The molecule has 0 bridgehead atoms. The molecule has 31 heavy (non-hydrogen) atoms. The summed E-state index contributed by atoms with van der Waals surface area (Å²) in [4.78, 5) is 4.58. The van der Waals surface area contributed by atoms with Crippen LogP contribution in [0.5, 0.6) is 5.75 Å². The minimum atomic E-state index is -1.26. The zero-order valence-electron chi connectivity index (χ0n) is 16.9. The van der Waals surface area contributed by atoms with Crippen molar-refractivity contribution in [3.8, 4) is 11.8 Å². The van der Waals surface area contributed by atoms with Crippen LogP contribution >= 0.6 is 11.8 Å². The van der Waals surface area contributed by atoms with Crippen molar-refractivity contribution < 1.29 is 18.3 Å². The molecule has 0 radical (unpaired) electrons. The van der Waals surface area contributed by atoms with Crippen LogP contribution in [0.25, 0.3) is 5.70 Å². The van der Waals surface area contributed by atoms with Crippen LogP contribution in [0.2, 0.25) is 0 Å². The van der Waals surface area contributed by atoms with Gasteiger partial charge in [0.05, 0.1) is 22.9 Å². The molecule has 0 aliphatic carbocycles. The SMILES string of the molecule is CSC1NN2C(c3ccc(O)cc3)=C(C)C(c3cc(F)c(C)c(F)c3F)=NC2C1C#N. The van der Waals surface area contributed by atoms with E-state index < -0.39 is 35.1 Å². The van der Waals surface area contributed by atoms with Gasteiger partial charge in [0, 0.05) is 16.7 Å². The summed E-state index contributed by atoms with van der Waals surface area (Å²) in [6.45, 7) is 2.85. The fourth-order valence-electron chi connectivity index (χ4n) is 3.91. The third-order valence-corrected chi connectivity index (χ3v) is 6.48. The quantitative estimate of drug-likeness (QED) is 0.690. The molecule has 2 aromatic carbocycles. The van der Waals surface area contributed by atoms with E-state index in [1.54, 1.807) is 24.1 Å². The van der Waals surface area contributed by atoms with Gasteiger partial charge in [-0.1, -0.05) is 0 Å². The van der Waals surface area contributed by atoms with Crippen LogP contribution in [-0.2, 0) is 0 Å². The van der Waals surface area contributed by atoms with Crippen molar-refractivity contribution in [3.63, 3.8) is 0 Å². The molecule has 4 rings (SSSR count). The Morgan fingerprint density at radius 1 is 1.16 bits per heavy atom. The summed E-state index contributed by atoms with van der Waals surface area (Å²) < 4.78 is 43.5. The molecule has 2 aliphatic heterocycles. The third kappa shape index (κ3) is 3.36. The lowest BCUT2D eigenvalue weighted by molar-refractivity contribution is 0.284. The van der Waals surface area contributed by atoms with Crippen LogP contribution in [0, 0.1) is 41.6 Å². The number of hydrazine groups is 1. The standard InChI is InChI=1S/C22H19F3N4OS/c1-10-16(23)8-14(18(25)17(10)24)19-11(2)20(12-4-6-13(30)7-5-12)29-21(27-19)15(9-26)22(28-29)31-3/h4-8,15,21-22,28,30H,1-3H3. The molecular formula is C22H19F3N4OS. The second-order valence-electron chi connectivity index (χ2n) is 7.38. The highest BCUT2D eigenvalue weighted by molar-refractivity contribution is 7.99. The van der Waals surface area contributed by atoms with Crippen molar-refractivity contribution in [1.82, 2.24) is 10.4 Å². The number of phenolic OH excluding ortho intramolecular Hbond substituents is 1. The Morgan fingerprint density at radius 3 is 2.45 bits per heavy atom. The number of nitriles is 1. The number of thioether (sulfide) groups is 1. The van der Waals surface area contributed by atoms with Crippen LogP contribution < -0.4 is 5.43 Å². The predicted octanol–water partition coefficient (Wildman–Crippen LogP) is 4.33. The number of nitrogens with one attached hydrogen (secondary N) is 1. The first-order chi connectivity index (χ1) is 14.8. The van der Waals surface area contributed by atoms with Crippen molar-refractivity contribution in [2.75, 3.05) is 6.26 Å². The van der Waals surface area contributed by atoms with Gasteiger partial charge in [-0.15, -0.1) is 11.8 Å². The predicted molar refractivity (Wildman–Crippen MR) is 113 cm³/mol. The Labute approximate surface area is 181 Å². The van der Waals surface area contributed by atoms with Gasteiger partial charge < -0.3 is 5.11 Å². The van der Waals surface area contributed by atoms with Crippen LogP contribution in [0.3, 0.4) is 0 Å². The van der Waals surface area contributed by atoms with Gasteiger partial charge in [0.15, 0.2) is 17.8 Å². The number of nitrogens with zero attached hydrogens (tertiary/aromatic N) is 3. The Hall–Kier alpha value is -2.96. The molecule has 0 aromatic heterocycles. The summed E-state index contributed by atoms with van der Waals surface area (Å²) >= 11 is 1.44. The lowest BCUT2D eigenvalue weighted by atomic mass is 9.93. The Morgan fingerprint density at radius 2 is 1.84 bits per heavy atom. The van der Waals surface area contributed by atoms with Gasteiger partial charge in [0.1, 0.15) is 17.5 Å². The van der Waals surface area contributed by atoms with Gasteiger partial charge >= 0.3 is 0 Å². The summed E-state index contributed by atoms with van der Waals surface area (Å²) in [6, 6.07) is 9.55. The molecule has 2 N–H and O–H groups in total. The van der Waals surface area contributed by atoms with Crippen molar-refractivity contribution in [1.29, 1.82) is 5.26 Å². The first-order valence-corrected chi connectivity index (χ1v) is 10.8. The van der Waals surface area contributed by atoms with Crippen LogP contribution in [0.1, 0.15) is 23.6 Å². The molecule has 0 spiro atoms. The first kappa shape index (κ1) is 21.3. The van der Waals surface area contributed by atoms with Crippen molar-refractivity contribution >= 4 is 23.2 Å². The average molecular weight is 444 g/mol. The largest absolute Gasteiger partial charge is 0.508 e. The van der Waals surface area contributed by atoms with Crippen LogP contribution in [0.4, 0.5) is 13.2 Å². The fraction of sp³-hybridized carbons (Fsp3) is 0.273. The molecule has 1 fully saturated rings. The maximum Gasteiger partial charge on any atom is 0.168 e. The Kier molecular flexibility index (Phi) is 5.45. The average Bonchev–Trinajstić information content (AvgIpc) is 3.12. The molecule has 3 atom stereocenters. The van der Waals surface area contributed by atoms with E-state index in [0.717, 1.165) is 6.07 Å². The summed E-state index contributed by atoms with van der Waals surface area (Å²) in [5.41, 5.74) is 4.39. The number of aliphatic imine (C=N–C) groups is 1. The maximum atomic E-state index is 14.9. The number of aromatic hydroxyl groups is 1. The summed E-state index contributed by atoms with van der Waals surface area (Å²) in [7, 11) is 0. The van der Waals surface area contributed by atoms with E-state index in [1.807, 2.05) is 6.26 Å². The third-order valence-electron chi connectivity index (χ3n) is 5.58. The molecule has 5 nitrogen and oxygen atoms in total. The summed E-state index contributed by atoms with van der Waals surface area (Å²) in [5.74, 6) is -3.84. The fourth-order valence-corrected chi connectivity index (χ4v) is 4.62. The van der Waals surface area contributed by atoms with E-state index in [0.29, 0.717) is 16.8 Å². The summed E-state index contributed by atoms with van der Waals surface area (Å²) in [6.07, 6.45) is 1.13. The van der Waals surface area contributed by atoms with Gasteiger partial charge in [0.2, 0.25) is 0 Å². The Balaban J connectivity index is 1.97. The molecular weight excluding hydrogens is 425 g/mol. The molecule has 3 unspecified atom stereocenters. The molecule has 2 aromatic rings. The second kappa shape index (κ2) is 7.94. The van der Waals surface area contributed by atoms with Crippen molar-refractivity contribution in [3.05, 3.63) is 70.0 Å². The second-order valence-corrected chi connectivity index (χ2v) is 8.36. The minimum absolute atomic E-state index is 0.0725. The van der Waals surface area contributed by atoms with Gasteiger partial charge in [-0.25, -0.2) is 18.6 Å². The highest BCUT2D eigenvalue weighted by atomic mass is 32.2. The number of hydrogen-bond acceptors (Lipinski definition) is 6. The number of benzene rings is 2. The van der Waals surface area contributed by atoms with Crippen molar-refractivity contribution in [2.45, 2.75) is 25.4 Å². The number of fused-ring (bicyclic) bond motifs is 1. The number of halogens is 3. The molecule has 0 amide bonds. The van der Waals surface area contributed by atoms with Crippen molar-refractivity contribution in [2.24, 2.45) is 10.9 Å². The van der Waals surface area contributed by atoms with Crippen LogP contribution in [-0.4, -0.2) is 33.6 Å². The molecule has 1 saturated heterocycles. The lowest BCUT2D eigenvalue weighted by Gasteiger charge is -2.34. The smallest absolute Gasteiger partial charge is 0.168 e. The number of rotatable bonds is 3. The van der Waals surface area contributed by atoms with Gasteiger partial charge in [0.25, 0.3) is 0 Å². The van der Waals surface area contributed by atoms with E-state index in [9.17, 15) is 23.5 Å².